The van der Waals surface area contributed by atoms with Crippen LogP contribution in [0, 0.1) is 5.92 Å². The van der Waals surface area contributed by atoms with E-state index in [2.05, 4.69) is 26.0 Å². The van der Waals surface area contributed by atoms with E-state index in [1.807, 2.05) is 0 Å². The Hall–Kier alpha value is -1.01. The second kappa shape index (κ2) is 7.04. The second-order valence-corrected chi connectivity index (χ2v) is 6.89. The Labute approximate surface area is 137 Å². The molecule has 0 bridgehead atoms. The van der Waals surface area contributed by atoms with E-state index in [-0.39, 0.29) is 11.7 Å². The average Bonchev–Trinajstić information content (AvgIpc) is 2.95. The molecule has 1 atom stereocenters. The summed E-state index contributed by atoms with van der Waals surface area (Å²) in [5.74, 6) is 0.552. The minimum Gasteiger partial charge on any atom is -0.391 e. The summed E-state index contributed by atoms with van der Waals surface area (Å²) in [6, 6.07) is 6.65. The lowest BCUT2D eigenvalue weighted by molar-refractivity contribution is 0.0127. The molecule has 1 saturated heterocycles. The van der Waals surface area contributed by atoms with Gasteiger partial charge in [-0.05, 0) is 47.4 Å². The molecule has 3 rings (SSSR count). The zero-order chi connectivity index (χ0) is 15.5. The predicted octanol–water partition coefficient (Wildman–Crippen LogP) is 4.33. The summed E-state index contributed by atoms with van der Waals surface area (Å²) in [7, 11) is 0. The molecule has 0 spiro atoms. The number of benzene rings is 1. The fourth-order valence-corrected chi connectivity index (χ4v) is 3.53. The predicted molar refractivity (Wildman–Crippen MR) is 85.3 cm³/mol. The summed E-state index contributed by atoms with van der Waals surface area (Å²) in [4.78, 5) is 7.82. The van der Waals surface area contributed by atoms with Gasteiger partial charge in [-0.25, -0.2) is 8.78 Å². The van der Waals surface area contributed by atoms with Gasteiger partial charge in [-0.2, -0.15) is 0 Å². The van der Waals surface area contributed by atoms with Gasteiger partial charge in [-0.1, -0.05) is 29.4 Å². The molecule has 1 fully saturated rings. The first-order valence-corrected chi connectivity index (χ1v) is 8.38. The molecule has 1 aromatic rings. The number of likely N-dealkylation sites (tertiary alicyclic amines) is 1. The summed E-state index contributed by atoms with van der Waals surface area (Å²) in [6.07, 6.45) is 0.880. The van der Waals surface area contributed by atoms with E-state index in [0.29, 0.717) is 5.92 Å². The molecular weight excluding hydrogens is 354 g/mol. The van der Waals surface area contributed by atoms with Crippen LogP contribution < -0.4 is 0 Å². The lowest BCUT2D eigenvalue weighted by Gasteiger charge is -2.33. The molecule has 3 nitrogen and oxygen atoms in total. The Balaban J connectivity index is 1.47. The molecule has 120 valence electrons. The van der Waals surface area contributed by atoms with Crippen LogP contribution >= 0.6 is 15.9 Å². The SMILES string of the molecule is FC(F)c1ccc(CN2CCC([C@H]3CC(Br)=NO3)CC2)cc1. The molecule has 2 aliphatic heterocycles. The fourth-order valence-electron chi connectivity index (χ4n) is 3.13. The molecule has 2 aliphatic rings. The van der Waals surface area contributed by atoms with Gasteiger partial charge in [0.1, 0.15) is 10.7 Å². The lowest BCUT2D eigenvalue weighted by Crippen LogP contribution is -2.37. The number of hydrogen-bond acceptors (Lipinski definition) is 3. The normalized spacial score (nSPS) is 23.6. The number of alkyl halides is 2. The van der Waals surface area contributed by atoms with Crippen LogP contribution in [-0.2, 0) is 11.4 Å². The highest BCUT2D eigenvalue weighted by Crippen LogP contribution is 2.29. The van der Waals surface area contributed by atoms with E-state index in [9.17, 15) is 8.78 Å². The molecule has 0 saturated carbocycles. The quantitative estimate of drug-likeness (QED) is 0.785. The Morgan fingerprint density at radius 2 is 1.91 bits per heavy atom. The molecule has 6 heteroatoms. The summed E-state index contributed by atoms with van der Waals surface area (Å²) < 4.78 is 26.0. The van der Waals surface area contributed by atoms with Crippen molar-refractivity contribution in [2.24, 2.45) is 11.1 Å². The third-order valence-electron chi connectivity index (χ3n) is 4.45. The summed E-state index contributed by atoms with van der Waals surface area (Å²) in [6.45, 7) is 2.85. The van der Waals surface area contributed by atoms with Gasteiger partial charge < -0.3 is 4.84 Å². The molecule has 0 amide bonds. The summed E-state index contributed by atoms with van der Waals surface area (Å²) >= 11 is 3.38. The van der Waals surface area contributed by atoms with E-state index < -0.39 is 6.43 Å². The molecule has 0 unspecified atom stereocenters. The van der Waals surface area contributed by atoms with Crippen molar-refractivity contribution in [3.05, 3.63) is 35.4 Å². The maximum Gasteiger partial charge on any atom is 0.263 e. The average molecular weight is 373 g/mol. The van der Waals surface area contributed by atoms with Crippen molar-refractivity contribution in [3.63, 3.8) is 0 Å². The smallest absolute Gasteiger partial charge is 0.263 e. The van der Waals surface area contributed by atoms with E-state index in [1.54, 1.807) is 12.1 Å². The third-order valence-corrected chi connectivity index (χ3v) is 4.92. The Kier molecular flexibility index (Phi) is 5.08. The fraction of sp³-hybridized carbons (Fsp3) is 0.562. The number of piperidine rings is 1. The Morgan fingerprint density at radius 1 is 1.23 bits per heavy atom. The van der Waals surface area contributed by atoms with Crippen molar-refractivity contribution < 1.29 is 13.6 Å². The second-order valence-electron chi connectivity index (χ2n) is 5.97. The van der Waals surface area contributed by atoms with E-state index in [1.165, 1.54) is 12.1 Å². The maximum absolute atomic E-state index is 12.5. The van der Waals surface area contributed by atoms with Crippen LogP contribution in [0.3, 0.4) is 0 Å². The molecule has 22 heavy (non-hydrogen) atoms. The topological polar surface area (TPSA) is 24.8 Å². The molecule has 0 N–H and O–H groups in total. The maximum atomic E-state index is 12.5. The van der Waals surface area contributed by atoms with Crippen LogP contribution in [-0.4, -0.2) is 28.7 Å². The van der Waals surface area contributed by atoms with Gasteiger partial charge in [0.25, 0.3) is 6.43 Å². The van der Waals surface area contributed by atoms with Gasteiger partial charge in [-0.15, -0.1) is 0 Å². The first-order valence-electron chi connectivity index (χ1n) is 7.59. The van der Waals surface area contributed by atoms with Crippen LogP contribution in [0.4, 0.5) is 8.78 Å². The van der Waals surface area contributed by atoms with Gasteiger partial charge in [0.05, 0.1) is 0 Å². The third kappa shape index (κ3) is 3.84. The van der Waals surface area contributed by atoms with Crippen molar-refractivity contribution >= 4 is 20.6 Å². The van der Waals surface area contributed by atoms with Gasteiger partial charge in [0, 0.05) is 24.4 Å². The van der Waals surface area contributed by atoms with Crippen molar-refractivity contribution in [2.75, 3.05) is 13.1 Å². The van der Waals surface area contributed by atoms with E-state index in [4.69, 9.17) is 4.84 Å². The van der Waals surface area contributed by atoms with Gasteiger partial charge >= 0.3 is 0 Å². The highest BCUT2D eigenvalue weighted by Gasteiger charge is 2.31. The minimum atomic E-state index is -2.39. The highest BCUT2D eigenvalue weighted by atomic mass is 79.9. The molecular formula is C16H19BrF2N2O. The zero-order valence-corrected chi connectivity index (χ0v) is 13.8. The van der Waals surface area contributed by atoms with E-state index in [0.717, 1.165) is 49.1 Å². The van der Waals surface area contributed by atoms with Crippen molar-refractivity contribution in [1.82, 2.24) is 4.90 Å². The first-order chi connectivity index (χ1) is 10.6. The minimum absolute atomic E-state index is 0.0893. The molecule has 2 heterocycles. The van der Waals surface area contributed by atoms with Crippen LogP contribution in [0.5, 0.6) is 0 Å². The molecule has 1 aromatic carbocycles. The zero-order valence-electron chi connectivity index (χ0n) is 12.2. The number of halogens is 3. The van der Waals surface area contributed by atoms with E-state index >= 15 is 0 Å². The lowest BCUT2D eigenvalue weighted by atomic mass is 9.90. The van der Waals surface area contributed by atoms with Crippen LogP contribution in [0.15, 0.2) is 29.4 Å². The molecule has 0 aromatic heterocycles. The monoisotopic (exact) mass is 372 g/mol. The standard InChI is InChI=1S/C16H19BrF2N2O/c17-15-9-14(22-20-15)12-5-7-21(8-6-12)10-11-1-3-13(4-2-11)16(18)19/h1-4,12,14,16H,5-10H2/t14-/m1/s1. The Morgan fingerprint density at radius 3 is 2.45 bits per heavy atom. The molecule has 0 aliphatic carbocycles. The van der Waals surface area contributed by atoms with Crippen molar-refractivity contribution in [3.8, 4) is 0 Å². The largest absolute Gasteiger partial charge is 0.391 e. The number of hydrogen-bond donors (Lipinski definition) is 0. The summed E-state index contributed by atoms with van der Waals surface area (Å²) in [5.41, 5.74) is 1.18. The summed E-state index contributed by atoms with van der Waals surface area (Å²) in [5, 5.41) is 3.96. The number of nitrogens with zero attached hydrogens (tertiary/aromatic N) is 2. The van der Waals surface area contributed by atoms with Crippen LogP contribution in [0.2, 0.25) is 0 Å². The van der Waals surface area contributed by atoms with Gasteiger partial charge in [0.2, 0.25) is 0 Å². The molecule has 0 radical (unpaired) electrons. The Bertz CT molecular complexity index is 527. The van der Waals surface area contributed by atoms with Crippen LogP contribution in [0.25, 0.3) is 0 Å². The van der Waals surface area contributed by atoms with Gasteiger partial charge in [-0.3, -0.25) is 4.90 Å². The number of oxime groups is 1. The van der Waals surface area contributed by atoms with Crippen LogP contribution in [0.1, 0.15) is 36.8 Å². The highest BCUT2D eigenvalue weighted by molar-refractivity contribution is 9.18. The first kappa shape index (κ1) is 15.9. The van der Waals surface area contributed by atoms with Gasteiger partial charge in [0.15, 0.2) is 0 Å². The number of rotatable bonds is 4. The van der Waals surface area contributed by atoms with Crippen molar-refractivity contribution in [2.45, 2.75) is 38.3 Å². The van der Waals surface area contributed by atoms with Crippen molar-refractivity contribution in [1.29, 1.82) is 0 Å².